The third kappa shape index (κ3) is 3.94. The Labute approximate surface area is 254 Å². The SMILES string of the molecule is c1ccc(-c2ccc3oc4cc(-c5cc6c(cn5)c5cc(-c7ccccc7)ccc5n6-c5ccccc5)ccc4c3c2)cc1. The monoisotopic (exact) mass is 562 g/mol. The summed E-state index contributed by atoms with van der Waals surface area (Å²) in [4.78, 5) is 5.00. The molecule has 3 aromatic heterocycles. The van der Waals surface area contributed by atoms with Crippen LogP contribution in [0.25, 0.3) is 82.9 Å². The fourth-order valence-electron chi connectivity index (χ4n) is 6.48. The largest absolute Gasteiger partial charge is 0.456 e. The molecule has 0 spiro atoms. The van der Waals surface area contributed by atoms with Gasteiger partial charge in [-0.25, -0.2) is 0 Å². The first kappa shape index (κ1) is 24.6. The van der Waals surface area contributed by atoms with E-state index in [1.165, 1.54) is 27.6 Å². The van der Waals surface area contributed by atoms with Crippen LogP contribution in [0.2, 0.25) is 0 Å². The number of aromatic nitrogens is 2. The Kier molecular flexibility index (Phi) is 5.50. The van der Waals surface area contributed by atoms with Crippen LogP contribution in [-0.2, 0) is 0 Å². The average Bonchev–Trinajstić information content (AvgIpc) is 3.63. The van der Waals surface area contributed by atoms with Crippen molar-refractivity contribution in [3.8, 4) is 39.2 Å². The molecule has 0 aliphatic carbocycles. The summed E-state index contributed by atoms with van der Waals surface area (Å²) < 4.78 is 8.70. The van der Waals surface area contributed by atoms with E-state index in [-0.39, 0.29) is 0 Å². The molecule has 3 heteroatoms. The van der Waals surface area contributed by atoms with Crippen molar-refractivity contribution in [3.05, 3.63) is 158 Å². The van der Waals surface area contributed by atoms with Crippen molar-refractivity contribution in [2.45, 2.75) is 0 Å². The molecule has 0 saturated carbocycles. The topological polar surface area (TPSA) is 31.0 Å². The second kappa shape index (κ2) is 9.82. The molecule has 6 aromatic carbocycles. The van der Waals surface area contributed by atoms with Gasteiger partial charge in [-0.3, -0.25) is 4.98 Å². The maximum atomic E-state index is 6.36. The Hall–Kier alpha value is -5.93. The lowest BCUT2D eigenvalue weighted by molar-refractivity contribution is 0.669. The molecule has 9 aromatic rings. The van der Waals surface area contributed by atoms with E-state index < -0.39 is 0 Å². The van der Waals surface area contributed by atoms with Gasteiger partial charge in [-0.15, -0.1) is 0 Å². The Morgan fingerprint density at radius 3 is 1.77 bits per heavy atom. The van der Waals surface area contributed by atoms with Crippen molar-refractivity contribution in [2.75, 3.05) is 0 Å². The number of nitrogens with zero attached hydrogens (tertiary/aromatic N) is 2. The van der Waals surface area contributed by atoms with Gasteiger partial charge in [-0.05, 0) is 76.9 Å². The molecular formula is C41H26N2O. The van der Waals surface area contributed by atoms with Gasteiger partial charge in [-0.2, -0.15) is 0 Å². The number of furan rings is 1. The quantitative estimate of drug-likeness (QED) is 0.214. The number of rotatable bonds is 4. The third-order valence-electron chi connectivity index (χ3n) is 8.65. The number of para-hydroxylation sites is 1. The first-order valence-electron chi connectivity index (χ1n) is 14.9. The molecule has 3 heterocycles. The van der Waals surface area contributed by atoms with Crippen LogP contribution in [0, 0.1) is 0 Å². The van der Waals surface area contributed by atoms with Crippen molar-refractivity contribution < 1.29 is 4.42 Å². The van der Waals surface area contributed by atoms with Gasteiger partial charge in [0.15, 0.2) is 0 Å². The van der Waals surface area contributed by atoms with E-state index in [0.717, 1.165) is 55.3 Å². The van der Waals surface area contributed by atoms with Crippen molar-refractivity contribution in [3.63, 3.8) is 0 Å². The minimum atomic E-state index is 0.862. The standard InChI is InChI=1S/C41H26N2O/c1-4-10-27(11-5-1)29-17-20-38-34(22-29)36-26-42-37(25-39(36)43(38)32-14-8-3-9-15-32)31-16-19-33-35-23-30(28-12-6-2-7-13-28)18-21-40(35)44-41(33)24-31/h1-26H. The molecule has 0 saturated heterocycles. The molecule has 0 N–H and O–H groups in total. The van der Waals surface area contributed by atoms with Crippen LogP contribution in [0.15, 0.2) is 162 Å². The lowest BCUT2D eigenvalue weighted by atomic mass is 10.0. The van der Waals surface area contributed by atoms with Gasteiger partial charge in [0.1, 0.15) is 11.2 Å². The second-order valence-corrected chi connectivity index (χ2v) is 11.2. The highest BCUT2D eigenvalue weighted by Crippen LogP contribution is 2.38. The molecule has 3 nitrogen and oxygen atoms in total. The summed E-state index contributed by atoms with van der Waals surface area (Å²) in [6, 6.07) is 53.4. The van der Waals surface area contributed by atoms with E-state index in [1.807, 2.05) is 12.3 Å². The van der Waals surface area contributed by atoms with Crippen LogP contribution >= 0.6 is 0 Å². The summed E-state index contributed by atoms with van der Waals surface area (Å²) in [5.41, 5.74) is 11.9. The molecular weight excluding hydrogens is 536 g/mol. The lowest BCUT2D eigenvalue weighted by Crippen LogP contribution is -1.94. The number of hydrogen-bond acceptors (Lipinski definition) is 2. The first-order chi connectivity index (χ1) is 21.8. The Morgan fingerprint density at radius 2 is 1.05 bits per heavy atom. The Balaban J connectivity index is 1.21. The van der Waals surface area contributed by atoms with E-state index in [9.17, 15) is 0 Å². The minimum Gasteiger partial charge on any atom is -0.456 e. The van der Waals surface area contributed by atoms with Crippen LogP contribution in [0.3, 0.4) is 0 Å². The highest BCUT2D eigenvalue weighted by Gasteiger charge is 2.16. The Bertz CT molecular complexity index is 2470. The van der Waals surface area contributed by atoms with E-state index in [2.05, 4.69) is 150 Å². The van der Waals surface area contributed by atoms with E-state index >= 15 is 0 Å². The van der Waals surface area contributed by atoms with Gasteiger partial charge in [0.05, 0.1) is 16.7 Å². The molecule has 0 amide bonds. The third-order valence-corrected chi connectivity index (χ3v) is 8.65. The van der Waals surface area contributed by atoms with Crippen LogP contribution in [0.1, 0.15) is 0 Å². The Morgan fingerprint density at radius 1 is 0.409 bits per heavy atom. The van der Waals surface area contributed by atoms with Crippen molar-refractivity contribution in [2.24, 2.45) is 0 Å². The summed E-state index contributed by atoms with van der Waals surface area (Å²) in [5, 5.41) is 4.54. The number of hydrogen-bond donors (Lipinski definition) is 0. The average molecular weight is 563 g/mol. The molecule has 44 heavy (non-hydrogen) atoms. The van der Waals surface area contributed by atoms with Gasteiger partial charge in [0, 0.05) is 39.0 Å². The zero-order valence-electron chi connectivity index (χ0n) is 23.8. The summed E-state index contributed by atoms with van der Waals surface area (Å²) >= 11 is 0. The molecule has 0 bridgehead atoms. The first-order valence-corrected chi connectivity index (χ1v) is 14.9. The molecule has 0 atom stereocenters. The molecule has 0 fully saturated rings. The van der Waals surface area contributed by atoms with Crippen LogP contribution in [0.5, 0.6) is 0 Å². The molecule has 206 valence electrons. The van der Waals surface area contributed by atoms with Crippen molar-refractivity contribution in [1.29, 1.82) is 0 Å². The number of pyridine rings is 1. The van der Waals surface area contributed by atoms with Crippen molar-refractivity contribution in [1.82, 2.24) is 9.55 Å². The maximum absolute atomic E-state index is 6.36. The normalized spacial score (nSPS) is 11.6. The highest BCUT2D eigenvalue weighted by molar-refractivity contribution is 6.11. The fraction of sp³-hybridized carbons (Fsp3) is 0. The number of fused-ring (bicyclic) bond motifs is 6. The smallest absolute Gasteiger partial charge is 0.136 e. The minimum absolute atomic E-state index is 0.862. The number of benzene rings is 6. The summed E-state index contributed by atoms with van der Waals surface area (Å²) in [5.74, 6) is 0. The van der Waals surface area contributed by atoms with Crippen LogP contribution in [0.4, 0.5) is 0 Å². The fourth-order valence-corrected chi connectivity index (χ4v) is 6.48. The predicted octanol–water partition coefficient (Wildman–Crippen LogP) is 11.1. The zero-order valence-corrected chi connectivity index (χ0v) is 23.8. The van der Waals surface area contributed by atoms with Gasteiger partial charge in [0.25, 0.3) is 0 Å². The van der Waals surface area contributed by atoms with Gasteiger partial charge in [0.2, 0.25) is 0 Å². The molecule has 0 aliphatic heterocycles. The van der Waals surface area contributed by atoms with Gasteiger partial charge < -0.3 is 8.98 Å². The second-order valence-electron chi connectivity index (χ2n) is 11.2. The summed E-state index contributed by atoms with van der Waals surface area (Å²) in [7, 11) is 0. The van der Waals surface area contributed by atoms with Gasteiger partial charge >= 0.3 is 0 Å². The zero-order chi connectivity index (χ0) is 29.0. The van der Waals surface area contributed by atoms with Crippen molar-refractivity contribution >= 4 is 43.7 Å². The van der Waals surface area contributed by atoms with E-state index in [0.29, 0.717) is 0 Å². The molecule has 0 radical (unpaired) electrons. The van der Waals surface area contributed by atoms with Crippen LogP contribution in [-0.4, -0.2) is 9.55 Å². The molecule has 0 aliphatic rings. The lowest BCUT2D eigenvalue weighted by Gasteiger charge is -2.09. The van der Waals surface area contributed by atoms with E-state index in [4.69, 9.17) is 9.40 Å². The van der Waals surface area contributed by atoms with E-state index in [1.54, 1.807) is 0 Å². The van der Waals surface area contributed by atoms with Gasteiger partial charge in [-0.1, -0.05) is 97.1 Å². The summed E-state index contributed by atoms with van der Waals surface area (Å²) in [6.45, 7) is 0. The molecule has 9 rings (SSSR count). The molecule has 0 unspecified atom stereocenters. The summed E-state index contributed by atoms with van der Waals surface area (Å²) in [6.07, 6.45) is 2.02. The maximum Gasteiger partial charge on any atom is 0.136 e. The van der Waals surface area contributed by atoms with Crippen LogP contribution < -0.4 is 0 Å². The predicted molar refractivity (Wildman–Crippen MR) is 182 cm³/mol. The highest BCUT2D eigenvalue weighted by atomic mass is 16.3.